The summed E-state index contributed by atoms with van der Waals surface area (Å²) in [5, 5.41) is 0. The molecule has 0 bridgehead atoms. The van der Waals surface area contributed by atoms with Crippen molar-refractivity contribution in [2.75, 3.05) is 31.8 Å². The number of nitrogens with zero attached hydrogens (tertiary/aromatic N) is 2. The van der Waals surface area contributed by atoms with E-state index in [2.05, 4.69) is 4.98 Å². The second kappa shape index (κ2) is 11.5. The van der Waals surface area contributed by atoms with Crippen molar-refractivity contribution < 1.29 is 23.8 Å². The predicted molar refractivity (Wildman–Crippen MR) is 104 cm³/mol. The van der Waals surface area contributed by atoms with E-state index in [-0.39, 0.29) is 5.97 Å². The highest BCUT2D eigenvalue weighted by molar-refractivity contribution is 5.86. The average Bonchev–Trinajstić information content (AvgIpc) is 2.57. The molecule has 152 valence electrons. The Bertz CT molecular complexity index is 598. The summed E-state index contributed by atoms with van der Waals surface area (Å²) in [4.78, 5) is 30.1. The topological polar surface area (TPSA) is 78.0 Å². The lowest BCUT2D eigenvalue weighted by atomic mass is 10.2. The van der Waals surface area contributed by atoms with Crippen LogP contribution in [0.5, 0.6) is 0 Å². The first kappa shape index (κ1) is 22.9. The third-order valence-corrected chi connectivity index (χ3v) is 3.56. The van der Waals surface area contributed by atoms with Gasteiger partial charge in [0.15, 0.2) is 0 Å². The molecular weight excluding hydrogens is 348 g/mol. The number of amides is 1. The normalized spacial score (nSPS) is 11.1. The van der Waals surface area contributed by atoms with E-state index in [0.717, 1.165) is 5.56 Å². The quantitative estimate of drug-likeness (QED) is 0.453. The van der Waals surface area contributed by atoms with Crippen LogP contribution in [-0.2, 0) is 19.0 Å². The number of pyridine rings is 1. The van der Waals surface area contributed by atoms with Crippen LogP contribution in [0.15, 0.2) is 18.3 Å². The number of carbonyl (C=O) groups excluding carboxylic acids is 2. The van der Waals surface area contributed by atoms with Crippen molar-refractivity contribution in [3.63, 3.8) is 0 Å². The summed E-state index contributed by atoms with van der Waals surface area (Å²) in [6.07, 6.45) is 3.49. The molecule has 7 nitrogen and oxygen atoms in total. The van der Waals surface area contributed by atoms with Gasteiger partial charge in [-0.2, -0.15) is 0 Å². The summed E-state index contributed by atoms with van der Waals surface area (Å²) in [6.45, 7) is 8.77. The van der Waals surface area contributed by atoms with Crippen LogP contribution in [0, 0.1) is 6.92 Å². The van der Waals surface area contributed by atoms with E-state index in [0.29, 0.717) is 51.3 Å². The predicted octanol–water partition coefficient (Wildman–Crippen LogP) is 3.88. The number of methoxy groups -OCH3 is 1. The zero-order valence-electron chi connectivity index (χ0n) is 17.1. The van der Waals surface area contributed by atoms with Gasteiger partial charge in [-0.05, 0) is 58.2 Å². The SMILES string of the molecule is COCCCOC(=O)CCCCN(C(=O)OC(C)(C)C)c1cc(C)ccn1. The van der Waals surface area contributed by atoms with E-state index >= 15 is 0 Å². The first-order chi connectivity index (χ1) is 12.7. The van der Waals surface area contributed by atoms with Crippen molar-refractivity contribution in [2.24, 2.45) is 0 Å². The third-order valence-electron chi connectivity index (χ3n) is 3.56. The minimum Gasteiger partial charge on any atom is -0.466 e. The number of carbonyl (C=O) groups is 2. The Kier molecular flexibility index (Phi) is 9.78. The van der Waals surface area contributed by atoms with Crippen molar-refractivity contribution in [3.05, 3.63) is 23.9 Å². The number of aryl methyl sites for hydroxylation is 1. The monoisotopic (exact) mass is 380 g/mol. The van der Waals surface area contributed by atoms with Crippen LogP contribution in [0.3, 0.4) is 0 Å². The molecule has 0 aliphatic rings. The molecule has 0 aromatic carbocycles. The summed E-state index contributed by atoms with van der Waals surface area (Å²) >= 11 is 0. The van der Waals surface area contributed by atoms with E-state index in [1.54, 1.807) is 13.3 Å². The van der Waals surface area contributed by atoms with Crippen LogP contribution in [0.1, 0.15) is 52.0 Å². The maximum absolute atomic E-state index is 12.6. The second-order valence-corrected chi connectivity index (χ2v) is 7.35. The van der Waals surface area contributed by atoms with Crippen molar-refractivity contribution in [2.45, 2.75) is 59.0 Å². The van der Waals surface area contributed by atoms with Gasteiger partial charge in [0, 0.05) is 39.3 Å². The van der Waals surface area contributed by atoms with Crippen molar-refractivity contribution in [1.82, 2.24) is 4.98 Å². The molecule has 1 heterocycles. The molecule has 7 heteroatoms. The van der Waals surface area contributed by atoms with Crippen LogP contribution < -0.4 is 4.90 Å². The molecule has 0 spiro atoms. The maximum atomic E-state index is 12.6. The standard InChI is InChI=1S/C20H32N2O5/c1-16-10-11-21-17(15-16)22(19(24)27-20(2,3)4)12-7-6-9-18(23)26-14-8-13-25-5/h10-11,15H,6-9,12-14H2,1-5H3. The van der Waals surface area contributed by atoms with Gasteiger partial charge in [-0.25, -0.2) is 9.78 Å². The molecule has 0 fully saturated rings. The lowest BCUT2D eigenvalue weighted by Crippen LogP contribution is -2.38. The zero-order valence-corrected chi connectivity index (χ0v) is 17.1. The fraction of sp³-hybridized carbons (Fsp3) is 0.650. The minimum atomic E-state index is -0.592. The molecule has 1 aromatic rings. The number of anilines is 1. The van der Waals surface area contributed by atoms with E-state index in [4.69, 9.17) is 14.2 Å². The summed E-state index contributed by atoms with van der Waals surface area (Å²) in [5.41, 5.74) is 0.415. The maximum Gasteiger partial charge on any atom is 0.416 e. The van der Waals surface area contributed by atoms with Crippen molar-refractivity contribution in [1.29, 1.82) is 0 Å². The Hall–Kier alpha value is -2.15. The van der Waals surface area contributed by atoms with Crippen LogP contribution in [0.4, 0.5) is 10.6 Å². The van der Waals surface area contributed by atoms with Gasteiger partial charge in [-0.3, -0.25) is 9.69 Å². The number of unbranched alkanes of at least 4 members (excludes halogenated alkanes) is 1. The molecule has 0 N–H and O–H groups in total. The lowest BCUT2D eigenvalue weighted by molar-refractivity contribution is -0.144. The van der Waals surface area contributed by atoms with Gasteiger partial charge in [0.25, 0.3) is 0 Å². The molecule has 1 rings (SSSR count). The largest absolute Gasteiger partial charge is 0.466 e. The van der Waals surface area contributed by atoms with Crippen LogP contribution in [-0.4, -0.2) is 49.5 Å². The Morgan fingerprint density at radius 1 is 1.15 bits per heavy atom. The van der Waals surface area contributed by atoms with Gasteiger partial charge in [-0.15, -0.1) is 0 Å². The van der Waals surface area contributed by atoms with Gasteiger partial charge < -0.3 is 14.2 Å². The highest BCUT2D eigenvalue weighted by Gasteiger charge is 2.24. The Morgan fingerprint density at radius 2 is 1.89 bits per heavy atom. The van der Waals surface area contributed by atoms with Gasteiger partial charge in [-0.1, -0.05) is 0 Å². The highest BCUT2D eigenvalue weighted by Crippen LogP contribution is 2.18. The molecule has 0 saturated carbocycles. The number of hydrogen-bond acceptors (Lipinski definition) is 6. The van der Waals surface area contributed by atoms with Gasteiger partial charge >= 0.3 is 12.1 Å². The van der Waals surface area contributed by atoms with Crippen molar-refractivity contribution >= 4 is 17.9 Å². The van der Waals surface area contributed by atoms with Crippen LogP contribution >= 0.6 is 0 Å². The molecule has 0 aliphatic heterocycles. The van der Waals surface area contributed by atoms with Crippen LogP contribution in [0.2, 0.25) is 0 Å². The number of esters is 1. The van der Waals surface area contributed by atoms with Gasteiger partial charge in [0.05, 0.1) is 6.61 Å². The van der Waals surface area contributed by atoms with Crippen LogP contribution in [0.25, 0.3) is 0 Å². The average molecular weight is 380 g/mol. The first-order valence-electron chi connectivity index (χ1n) is 9.30. The van der Waals surface area contributed by atoms with E-state index in [9.17, 15) is 9.59 Å². The molecule has 0 radical (unpaired) electrons. The first-order valence-corrected chi connectivity index (χ1v) is 9.30. The lowest BCUT2D eigenvalue weighted by Gasteiger charge is -2.27. The molecule has 0 unspecified atom stereocenters. The Labute approximate surface area is 162 Å². The Morgan fingerprint density at radius 3 is 2.52 bits per heavy atom. The molecule has 1 aromatic heterocycles. The highest BCUT2D eigenvalue weighted by atomic mass is 16.6. The molecule has 0 saturated heterocycles. The third kappa shape index (κ3) is 9.94. The minimum absolute atomic E-state index is 0.233. The fourth-order valence-electron chi connectivity index (χ4n) is 2.28. The number of hydrogen-bond donors (Lipinski definition) is 0. The smallest absolute Gasteiger partial charge is 0.416 e. The number of ether oxygens (including phenoxy) is 3. The summed E-state index contributed by atoms with van der Waals surface area (Å²) in [5.74, 6) is 0.315. The summed E-state index contributed by atoms with van der Waals surface area (Å²) in [7, 11) is 1.61. The van der Waals surface area contributed by atoms with E-state index in [1.807, 2.05) is 39.8 Å². The molecular formula is C20H32N2O5. The number of aromatic nitrogens is 1. The second-order valence-electron chi connectivity index (χ2n) is 7.35. The summed E-state index contributed by atoms with van der Waals surface area (Å²) < 4.78 is 15.5. The molecule has 0 aliphatic carbocycles. The number of rotatable bonds is 10. The van der Waals surface area contributed by atoms with Gasteiger partial charge in [0.2, 0.25) is 0 Å². The summed E-state index contributed by atoms with van der Waals surface area (Å²) in [6, 6.07) is 3.71. The van der Waals surface area contributed by atoms with Crippen molar-refractivity contribution in [3.8, 4) is 0 Å². The molecule has 27 heavy (non-hydrogen) atoms. The molecule has 1 amide bonds. The van der Waals surface area contributed by atoms with E-state index in [1.165, 1.54) is 4.90 Å². The molecule has 0 atom stereocenters. The fourth-order valence-corrected chi connectivity index (χ4v) is 2.28. The zero-order chi connectivity index (χ0) is 20.3. The Balaban J connectivity index is 2.55. The van der Waals surface area contributed by atoms with Gasteiger partial charge in [0.1, 0.15) is 11.4 Å². The van der Waals surface area contributed by atoms with E-state index < -0.39 is 11.7 Å².